The Morgan fingerprint density at radius 2 is 1.94 bits per heavy atom. The number of halogens is 3. The normalized spacial score (nSPS) is 18.1. The van der Waals surface area contributed by atoms with Crippen LogP contribution in [0.4, 0.5) is 13.2 Å². The van der Waals surface area contributed by atoms with Gasteiger partial charge in [-0.05, 0) is 38.8 Å². The average molecular weight is 252 g/mol. The van der Waals surface area contributed by atoms with Crippen LogP contribution in [0.1, 0.15) is 26.2 Å². The molecular formula is C11H19F3N2O. The molecule has 0 aromatic heterocycles. The third-order valence-corrected chi connectivity index (χ3v) is 3.03. The minimum atomic E-state index is -4.31. The van der Waals surface area contributed by atoms with Gasteiger partial charge in [0.1, 0.15) is 6.54 Å². The lowest BCUT2D eigenvalue weighted by molar-refractivity contribution is -0.161. The Bertz CT molecular complexity index is 250. The van der Waals surface area contributed by atoms with Crippen LogP contribution >= 0.6 is 0 Å². The predicted molar refractivity (Wildman–Crippen MR) is 58.5 cm³/mol. The summed E-state index contributed by atoms with van der Waals surface area (Å²) in [5.74, 6) is -0.150. The van der Waals surface area contributed by atoms with Crippen molar-refractivity contribution in [2.24, 2.45) is 5.92 Å². The molecule has 1 heterocycles. The summed E-state index contributed by atoms with van der Waals surface area (Å²) >= 11 is 0. The lowest BCUT2D eigenvalue weighted by atomic mass is 9.94. The van der Waals surface area contributed by atoms with Crippen LogP contribution < -0.4 is 5.32 Å². The molecular weight excluding hydrogens is 233 g/mol. The number of amides is 1. The van der Waals surface area contributed by atoms with Gasteiger partial charge in [-0.3, -0.25) is 4.79 Å². The number of nitrogens with zero attached hydrogens (tertiary/aromatic N) is 1. The van der Waals surface area contributed by atoms with E-state index in [0.717, 1.165) is 30.8 Å². The van der Waals surface area contributed by atoms with Gasteiger partial charge in [-0.25, -0.2) is 0 Å². The molecule has 1 N–H and O–H groups in total. The van der Waals surface area contributed by atoms with Crippen molar-refractivity contribution in [3.05, 3.63) is 0 Å². The number of hydrogen-bond donors (Lipinski definition) is 1. The van der Waals surface area contributed by atoms with E-state index in [4.69, 9.17) is 0 Å². The lowest BCUT2D eigenvalue weighted by Crippen LogP contribution is -2.40. The maximum atomic E-state index is 12.2. The number of hydrogen-bond acceptors (Lipinski definition) is 2. The summed E-state index contributed by atoms with van der Waals surface area (Å²) in [6, 6.07) is 0. The fourth-order valence-corrected chi connectivity index (χ4v) is 2.05. The van der Waals surface area contributed by atoms with Gasteiger partial charge in [0.05, 0.1) is 0 Å². The number of rotatable bonds is 4. The number of nitrogens with one attached hydrogen (secondary N) is 1. The molecule has 1 aliphatic heterocycles. The third-order valence-electron chi connectivity index (χ3n) is 3.03. The topological polar surface area (TPSA) is 32.3 Å². The number of piperidine rings is 1. The average Bonchev–Trinajstić information content (AvgIpc) is 2.26. The van der Waals surface area contributed by atoms with E-state index in [1.807, 2.05) is 0 Å². The molecule has 1 saturated heterocycles. The first-order chi connectivity index (χ1) is 7.92. The minimum absolute atomic E-state index is 0.114. The smallest absolute Gasteiger partial charge is 0.334 e. The van der Waals surface area contributed by atoms with E-state index in [1.165, 1.54) is 0 Å². The maximum Gasteiger partial charge on any atom is 0.406 e. The minimum Gasteiger partial charge on any atom is -0.334 e. The monoisotopic (exact) mass is 252 g/mol. The molecule has 1 fully saturated rings. The van der Waals surface area contributed by atoms with Crippen LogP contribution in [0.5, 0.6) is 0 Å². The highest BCUT2D eigenvalue weighted by molar-refractivity contribution is 5.76. The molecule has 1 aliphatic rings. The van der Waals surface area contributed by atoms with Crippen LogP contribution in [0, 0.1) is 5.92 Å². The fraction of sp³-hybridized carbons (Fsp3) is 0.909. The van der Waals surface area contributed by atoms with Crippen LogP contribution in [0.2, 0.25) is 0 Å². The van der Waals surface area contributed by atoms with Crippen molar-refractivity contribution in [3.8, 4) is 0 Å². The number of alkyl halides is 3. The quantitative estimate of drug-likeness (QED) is 0.827. The zero-order valence-electron chi connectivity index (χ0n) is 10.0. The summed E-state index contributed by atoms with van der Waals surface area (Å²) < 4.78 is 36.7. The zero-order valence-corrected chi connectivity index (χ0v) is 10.0. The molecule has 0 aromatic rings. The van der Waals surface area contributed by atoms with E-state index in [0.29, 0.717) is 0 Å². The van der Waals surface area contributed by atoms with Crippen molar-refractivity contribution in [2.75, 3.05) is 26.2 Å². The van der Waals surface area contributed by atoms with Crippen molar-refractivity contribution in [1.82, 2.24) is 10.2 Å². The highest BCUT2D eigenvalue weighted by atomic mass is 19.4. The summed E-state index contributed by atoms with van der Waals surface area (Å²) in [6.45, 7) is 2.26. The van der Waals surface area contributed by atoms with Crippen LogP contribution in [0.3, 0.4) is 0 Å². The zero-order chi connectivity index (χ0) is 12.9. The largest absolute Gasteiger partial charge is 0.406 e. The van der Waals surface area contributed by atoms with Crippen molar-refractivity contribution < 1.29 is 18.0 Å². The summed E-state index contributed by atoms with van der Waals surface area (Å²) in [6.07, 6.45) is -2.32. The molecule has 0 aliphatic carbocycles. The molecule has 0 atom stereocenters. The summed E-state index contributed by atoms with van der Waals surface area (Å²) in [5.41, 5.74) is 0. The van der Waals surface area contributed by atoms with E-state index in [-0.39, 0.29) is 24.8 Å². The Morgan fingerprint density at radius 1 is 1.35 bits per heavy atom. The molecule has 0 bridgehead atoms. The molecule has 1 rings (SSSR count). The summed E-state index contributed by atoms with van der Waals surface area (Å²) in [4.78, 5) is 12.6. The Kier molecular flexibility index (Phi) is 5.24. The van der Waals surface area contributed by atoms with Crippen LogP contribution in [0.25, 0.3) is 0 Å². The molecule has 0 aromatic carbocycles. The molecule has 0 saturated carbocycles. The standard InChI is InChI=1S/C11H19F3N2O/c1-2-16(8-11(12,13)14)10(17)7-9-3-5-15-6-4-9/h9,15H,2-8H2,1H3. The highest BCUT2D eigenvalue weighted by Crippen LogP contribution is 2.20. The third kappa shape index (κ3) is 5.39. The van der Waals surface area contributed by atoms with Crippen molar-refractivity contribution >= 4 is 5.91 Å². The van der Waals surface area contributed by atoms with Gasteiger partial charge in [0, 0.05) is 13.0 Å². The SMILES string of the molecule is CCN(CC(F)(F)F)C(=O)CC1CCNCC1. The molecule has 0 unspecified atom stereocenters. The van der Waals surface area contributed by atoms with Gasteiger partial charge in [-0.2, -0.15) is 13.2 Å². The Morgan fingerprint density at radius 3 is 2.41 bits per heavy atom. The van der Waals surface area contributed by atoms with Gasteiger partial charge < -0.3 is 10.2 Å². The van der Waals surface area contributed by atoms with E-state index >= 15 is 0 Å². The second-order valence-corrected chi connectivity index (χ2v) is 4.42. The number of carbonyl (C=O) groups is 1. The van der Waals surface area contributed by atoms with Gasteiger partial charge in [0.25, 0.3) is 0 Å². The summed E-state index contributed by atoms with van der Waals surface area (Å²) in [5, 5.41) is 3.16. The second kappa shape index (κ2) is 6.23. The number of carbonyl (C=O) groups excluding carboxylic acids is 1. The molecule has 6 heteroatoms. The molecule has 1 amide bonds. The van der Waals surface area contributed by atoms with E-state index in [9.17, 15) is 18.0 Å². The van der Waals surface area contributed by atoms with Crippen molar-refractivity contribution in [1.29, 1.82) is 0 Å². The first-order valence-electron chi connectivity index (χ1n) is 5.97. The molecule has 0 spiro atoms. The van der Waals surface area contributed by atoms with E-state index in [2.05, 4.69) is 5.32 Å². The summed E-state index contributed by atoms with van der Waals surface area (Å²) in [7, 11) is 0. The Balaban J connectivity index is 2.42. The van der Waals surface area contributed by atoms with Gasteiger partial charge in [0.2, 0.25) is 5.91 Å². The van der Waals surface area contributed by atoms with E-state index < -0.39 is 12.7 Å². The molecule has 3 nitrogen and oxygen atoms in total. The van der Waals surface area contributed by atoms with Crippen LogP contribution in [0.15, 0.2) is 0 Å². The predicted octanol–water partition coefficient (Wildman–Crippen LogP) is 1.79. The molecule has 0 radical (unpaired) electrons. The highest BCUT2D eigenvalue weighted by Gasteiger charge is 2.32. The van der Waals surface area contributed by atoms with E-state index in [1.54, 1.807) is 6.92 Å². The van der Waals surface area contributed by atoms with Crippen LogP contribution in [-0.4, -0.2) is 43.2 Å². The Hall–Kier alpha value is -0.780. The fourth-order valence-electron chi connectivity index (χ4n) is 2.05. The lowest BCUT2D eigenvalue weighted by Gasteiger charge is -2.27. The van der Waals surface area contributed by atoms with Gasteiger partial charge in [-0.1, -0.05) is 0 Å². The van der Waals surface area contributed by atoms with Crippen LogP contribution in [-0.2, 0) is 4.79 Å². The van der Waals surface area contributed by atoms with Gasteiger partial charge in [0.15, 0.2) is 0 Å². The molecule has 17 heavy (non-hydrogen) atoms. The molecule has 100 valence electrons. The first kappa shape index (κ1) is 14.3. The Labute approximate surface area is 99.4 Å². The first-order valence-corrected chi connectivity index (χ1v) is 5.97. The van der Waals surface area contributed by atoms with Crippen molar-refractivity contribution in [2.45, 2.75) is 32.4 Å². The maximum absolute atomic E-state index is 12.2. The van der Waals surface area contributed by atoms with Gasteiger partial charge in [-0.15, -0.1) is 0 Å². The second-order valence-electron chi connectivity index (χ2n) is 4.42. The van der Waals surface area contributed by atoms with Gasteiger partial charge >= 0.3 is 6.18 Å². The van der Waals surface area contributed by atoms with Crippen molar-refractivity contribution in [3.63, 3.8) is 0 Å².